The van der Waals surface area contributed by atoms with E-state index in [1.807, 2.05) is 37.4 Å². The van der Waals surface area contributed by atoms with Crippen LogP contribution in [0.3, 0.4) is 0 Å². The molecular weight excluding hydrogens is 560 g/mol. The lowest BCUT2D eigenvalue weighted by Crippen LogP contribution is -2.54. The second-order valence-electron chi connectivity index (χ2n) is 16.4. The van der Waals surface area contributed by atoms with Gasteiger partial charge in [0.1, 0.15) is 11.9 Å². The molecular formula is C39H56N2O4. The first kappa shape index (κ1) is 32.5. The number of carbonyl (C=O) groups excluding carboxylic acids is 3. The number of Topliss-reactive ketones (excluding diaryl/α,β-unsaturated/α-hetero) is 2. The number of nitrogens with two attached hydrogens (primary N) is 1. The molecule has 4 aliphatic rings. The van der Waals surface area contributed by atoms with E-state index in [4.69, 9.17) is 10.5 Å². The largest absolute Gasteiger partial charge is 0.462 e. The van der Waals surface area contributed by atoms with Crippen molar-refractivity contribution >= 4 is 28.4 Å². The van der Waals surface area contributed by atoms with Gasteiger partial charge in [-0.15, -0.1) is 0 Å². The Morgan fingerprint density at radius 3 is 2.47 bits per heavy atom. The van der Waals surface area contributed by atoms with Crippen LogP contribution >= 0.6 is 0 Å². The molecule has 0 radical (unpaired) electrons. The average molecular weight is 617 g/mol. The quantitative estimate of drug-likeness (QED) is 0.265. The maximum Gasteiger partial charge on any atom is 0.309 e. The molecule has 4 aliphatic carbocycles. The van der Waals surface area contributed by atoms with E-state index < -0.39 is 12.0 Å². The van der Waals surface area contributed by atoms with Gasteiger partial charge in [-0.2, -0.15) is 0 Å². The minimum atomic E-state index is -0.653. The minimum absolute atomic E-state index is 0.0688. The van der Waals surface area contributed by atoms with Crippen LogP contribution in [0.2, 0.25) is 0 Å². The summed E-state index contributed by atoms with van der Waals surface area (Å²) in [5, 5.41) is 1.09. The van der Waals surface area contributed by atoms with Crippen molar-refractivity contribution in [2.45, 2.75) is 124 Å². The Kier molecular flexibility index (Phi) is 9.10. The Morgan fingerprint density at radius 1 is 0.978 bits per heavy atom. The number of para-hydroxylation sites is 1. The number of aromatic nitrogens is 1. The van der Waals surface area contributed by atoms with Crippen molar-refractivity contribution in [2.24, 2.45) is 58.0 Å². The highest BCUT2D eigenvalue weighted by molar-refractivity contribution is 5.89. The van der Waals surface area contributed by atoms with Crippen molar-refractivity contribution in [3.05, 3.63) is 36.0 Å². The number of carbonyl (C=O) groups is 3. The number of ketones is 2. The number of ether oxygens (including phenoxy) is 1. The van der Waals surface area contributed by atoms with Crippen LogP contribution in [0.5, 0.6) is 0 Å². The van der Waals surface area contributed by atoms with Crippen LogP contribution in [-0.2, 0) is 25.5 Å². The van der Waals surface area contributed by atoms with Crippen molar-refractivity contribution < 1.29 is 19.1 Å². The van der Waals surface area contributed by atoms with Gasteiger partial charge in [0.25, 0.3) is 0 Å². The number of rotatable bonds is 10. The topological polar surface area (TPSA) is 102 Å². The second kappa shape index (κ2) is 12.6. The van der Waals surface area contributed by atoms with Crippen molar-refractivity contribution in [3.63, 3.8) is 0 Å². The second-order valence-corrected chi connectivity index (χ2v) is 16.4. The maximum absolute atomic E-state index is 13.7. The van der Waals surface area contributed by atoms with Crippen LogP contribution in [0.25, 0.3) is 10.9 Å². The van der Waals surface area contributed by atoms with Gasteiger partial charge in [-0.3, -0.25) is 14.4 Å². The number of nitrogens with one attached hydrogen (secondary N) is 1. The number of benzene rings is 1. The summed E-state index contributed by atoms with van der Waals surface area (Å²) in [6, 6.07) is 7.39. The Bertz CT molecular complexity index is 1410. The fourth-order valence-corrected chi connectivity index (χ4v) is 11.1. The van der Waals surface area contributed by atoms with Gasteiger partial charge in [0.05, 0.1) is 12.0 Å². The third kappa shape index (κ3) is 6.05. The number of hydrogen-bond donors (Lipinski definition) is 2. The predicted octanol–water partition coefficient (Wildman–Crippen LogP) is 7.82. The summed E-state index contributed by atoms with van der Waals surface area (Å²) in [6.07, 6.45) is 13.2. The van der Waals surface area contributed by atoms with E-state index in [-0.39, 0.29) is 46.9 Å². The lowest BCUT2D eigenvalue weighted by molar-refractivity contribution is -0.168. The van der Waals surface area contributed by atoms with Crippen LogP contribution < -0.4 is 5.73 Å². The SMILES string of the molecule is CC(=O)[C@H]1CC[C@H]2[C@@H]3CC[C@H]4C[C@H](OC(=O)[C@@H](CC(=O)[C@@H](N)Cc5c[nH]c6ccccc56)CC(C)C)CC[C@]4(C)[C@H]3CC[C@]12C. The van der Waals surface area contributed by atoms with Crippen LogP contribution in [-0.4, -0.2) is 34.7 Å². The Morgan fingerprint density at radius 2 is 1.71 bits per heavy atom. The van der Waals surface area contributed by atoms with Gasteiger partial charge in [-0.05, 0) is 130 Å². The molecule has 0 aliphatic heterocycles. The highest BCUT2D eigenvalue weighted by atomic mass is 16.5. The summed E-state index contributed by atoms with van der Waals surface area (Å²) >= 11 is 0. The molecule has 0 spiro atoms. The lowest BCUT2D eigenvalue weighted by Gasteiger charge is -2.61. The van der Waals surface area contributed by atoms with Crippen molar-refractivity contribution in [3.8, 4) is 0 Å². The normalized spacial score (nSPS) is 35.7. The molecule has 1 aromatic carbocycles. The molecule has 6 nitrogen and oxygen atoms in total. The van der Waals surface area contributed by atoms with Crippen molar-refractivity contribution in [2.75, 3.05) is 0 Å². The Balaban J connectivity index is 1.07. The van der Waals surface area contributed by atoms with Crippen LogP contribution in [0.4, 0.5) is 0 Å². The third-order valence-electron chi connectivity index (χ3n) is 13.5. The smallest absolute Gasteiger partial charge is 0.309 e. The zero-order valence-corrected chi connectivity index (χ0v) is 28.3. The third-order valence-corrected chi connectivity index (χ3v) is 13.5. The molecule has 1 aromatic heterocycles. The average Bonchev–Trinajstić information content (AvgIpc) is 3.57. The molecule has 10 atom stereocenters. The van der Waals surface area contributed by atoms with E-state index in [0.717, 1.165) is 48.1 Å². The molecule has 0 saturated heterocycles. The number of hydrogen-bond acceptors (Lipinski definition) is 5. The van der Waals surface area contributed by atoms with Gasteiger partial charge >= 0.3 is 5.97 Å². The number of aromatic amines is 1. The molecule has 2 aromatic rings. The van der Waals surface area contributed by atoms with Crippen molar-refractivity contribution in [1.82, 2.24) is 4.98 Å². The monoisotopic (exact) mass is 616 g/mol. The first-order valence-corrected chi connectivity index (χ1v) is 17.9. The lowest BCUT2D eigenvalue weighted by atomic mass is 9.44. The fourth-order valence-electron chi connectivity index (χ4n) is 11.1. The standard InChI is InChI=1S/C39H56N2O4/c1-23(2)18-25(20-36(43)34(40)19-26-22-41-35-9-7-6-8-29(26)35)37(44)45-28-14-16-38(4)27(21-28)10-11-30-32-13-12-31(24(3)42)39(32,5)17-15-33(30)38/h6-9,22-23,25,27-28,30-34,41H,10-21,40H2,1-5H3/t25-,27+,28-,30+,31-,32+,33+,34+,38+,39-/m1/s1. The minimum Gasteiger partial charge on any atom is -0.462 e. The summed E-state index contributed by atoms with van der Waals surface area (Å²) in [6.45, 7) is 11.0. The zero-order valence-electron chi connectivity index (χ0n) is 28.3. The number of H-pyrrole nitrogens is 1. The molecule has 0 unspecified atom stereocenters. The van der Waals surface area contributed by atoms with E-state index in [9.17, 15) is 14.4 Å². The van der Waals surface area contributed by atoms with Gasteiger partial charge in [-0.1, -0.05) is 45.9 Å². The molecule has 4 fully saturated rings. The highest BCUT2D eigenvalue weighted by Crippen LogP contribution is 2.67. The number of esters is 1. The Labute approximate surface area is 270 Å². The molecule has 246 valence electrons. The molecule has 0 bridgehead atoms. The maximum atomic E-state index is 13.7. The van der Waals surface area contributed by atoms with E-state index in [1.165, 1.54) is 32.1 Å². The van der Waals surface area contributed by atoms with E-state index >= 15 is 0 Å². The van der Waals surface area contributed by atoms with Gasteiger partial charge in [0.15, 0.2) is 5.78 Å². The molecule has 6 heteroatoms. The van der Waals surface area contributed by atoms with Crippen LogP contribution in [0.1, 0.15) is 111 Å². The van der Waals surface area contributed by atoms with Crippen LogP contribution in [0, 0.1) is 52.3 Å². The Hall–Kier alpha value is -2.47. The van der Waals surface area contributed by atoms with Gasteiger partial charge < -0.3 is 15.5 Å². The van der Waals surface area contributed by atoms with E-state index in [2.05, 4.69) is 32.7 Å². The zero-order chi connectivity index (χ0) is 32.1. The predicted molar refractivity (Wildman–Crippen MR) is 178 cm³/mol. The van der Waals surface area contributed by atoms with Gasteiger partial charge in [0.2, 0.25) is 0 Å². The van der Waals surface area contributed by atoms with Crippen LogP contribution in [0.15, 0.2) is 30.5 Å². The first-order valence-electron chi connectivity index (χ1n) is 17.9. The molecule has 0 amide bonds. The van der Waals surface area contributed by atoms with E-state index in [0.29, 0.717) is 36.4 Å². The highest BCUT2D eigenvalue weighted by Gasteiger charge is 2.61. The fraction of sp³-hybridized carbons (Fsp3) is 0.718. The summed E-state index contributed by atoms with van der Waals surface area (Å²) in [7, 11) is 0. The first-order chi connectivity index (χ1) is 21.4. The van der Waals surface area contributed by atoms with E-state index in [1.54, 1.807) is 0 Å². The summed E-state index contributed by atoms with van der Waals surface area (Å²) < 4.78 is 6.28. The summed E-state index contributed by atoms with van der Waals surface area (Å²) in [5.41, 5.74) is 8.97. The molecule has 1 heterocycles. The molecule has 45 heavy (non-hydrogen) atoms. The summed E-state index contributed by atoms with van der Waals surface area (Å²) in [5.74, 6) is 2.86. The molecule has 3 N–H and O–H groups in total. The van der Waals surface area contributed by atoms with Gasteiger partial charge in [0, 0.05) is 29.4 Å². The summed E-state index contributed by atoms with van der Waals surface area (Å²) in [4.78, 5) is 42.8. The van der Waals surface area contributed by atoms with Crippen molar-refractivity contribution in [1.29, 1.82) is 0 Å². The molecule has 4 saturated carbocycles. The molecule has 6 rings (SSSR count). The van der Waals surface area contributed by atoms with Gasteiger partial charge in [-0.25, -0.2) is 0 Å². The number of fused-ring (bicyclic) bond motifs is 6.